The van der Waals surface area contributed by atoms with E-state index in [1.807, 2.05) is 0 Å². The van der Waals surface area contributed by atoms with Crippen LogP contribution in [0, 0.1) is 35.0 Å². The van der Waals surface area contributed by atoms with Crippen LogP contribution >= 0.6 is 0 Å². The Labute approximate surface area is 167 Å². The minimum Gasteiger partial charge on any atom is -0.392 e. The second-order valence-electron chi connectivity index (χ2n) is 10.8. The second-order valence-corrected chi connectivity index (χ2v) is 10.8. The first kappa shape index (κ1) is 18.5. The normalized spacial score (nSPS) is 64.3. The highest BCUT2D eigenvalue weighted by molar-refractivity contribution is 5.33. The van der Waals surface area contributed by atoms with Crippen LogP contribution in [0.25, 0.3) is 0 Å². The summed E-state index contributed by atoms with van der Waals surface area (Å²) >= 11 is 0. The Hall–Kier alpha value is -0.240. The van der Waals surface area contributed by atoms with Crippen molar-refractivity contribution < 1.29 is 24.8 Å². The minimum absolute atomic E-state index is 0.00139. The van der Waals surface area contributed by atoms with Crippen molar-refractivity contribution in [1.29, 1.82) is 0 Å². The van der Waals surface area contributed by atoms with Gasteiger partial charge in [-0.1, -0.05) is 6.92 Å². The number of methoxy groups -OCH3 is 2. The standard InChI is InChI=1S/C22H35NO5/c1-4-23-10-20(25)6-5-16(24)22-12-7-11-14(27-2)9-21(26,17(12)18(11)28-3)13(19(22)23)8-15(20)22/h11-19,24-26H,4-10H2,1-3H3/t11-,12-,13+,14+,15-,16+,17-,18+,19-,20-,21+,22+/m1/s1. The van der Waals surface area contributed by atoms with Crippen LogP contribution in [0.3, 0.4) is 0 Å². The van der Waals surface area contributed by atoms with Crippen molar-refractivity contribution >= 4 is 0 Å². The lowest BCUT2D eigenvalue weighted by atomic mass is 9.45. The van der Waals surface area contributed by atoms with Crippen LogP contribution in [0.5, 0.6) is 0 Å². The Balaban J connectivity index is 1.59. The molecule has 0 unspecified atom stereocenters. The summed E-state index contributed by atoms with van der Waals surface area (Å²) in [5, 5.41) is 35.6. The summed E-state index contributed by atoms with van der Waals surface area (Å²) in [5.41, 5.74) is -1.90. The number of fused-ring (bicyclic) bond motifs is 2. The summed E-state index contributed by atoms with van der Waals surface area (Å²) in [6.07, 6.45) is 3.31. The molecule has 0 aromatic carbocycles. The molecule has 1 aliphatic heterocycles. The van der Waals surface area contributed by atoms with Gasteiger partial charge < -0.3 is 24.8 Å². The lowest BCUT2D eigenvalue weighted by Crippen LogP contribution is -2.77. The largest absolute Gasteiger partial charge is 0.392 e. The van der Waals surface area contributed by atoms with Crippen LogP contribution in [0.4, 0.5) is 0 Å². The van der Waals surface area contributed by atoms with Gasteiger partial charge >= 0.3 is 0 Å². The van der Waals surface area contributed by atoms with Crippen LogP contribution in [-0.2, 0) is 9.47 Å². The van der Waals surface area contributed by atoms with Crippen molar-refractivity contribution in [3.8, 4) is 0 Å². The van der Waals surface area contributed by atoms with Crippen LogP contribution in [0.1, 0.15) is 39.0 Å². The Morgan fingerprint density at radius 1 is 1.11 bits per heavy atom. The molecule has 0 amide bonds. The fourth-order valence-corrected chi connectivity index (χ4v) is 9.96. The van der Waals surface area contributed by atoms with Gasteiger partial charge in [0.05, 0.1) is 29.5 Å². The van der Waals surface area contributed by atoms with Gasteiger partial charge in [0, 0.05) is 56.4 Å². The molecule has 3 N–H and O–H groups in total. The van der Waals surface area contributed by atoms with E-state index in [9.17, 15) is 15.3 Å². The molecule has 5 aliphatic carbocycles. The topological polar surface area (TPSA) is 82.4 Å². The summed E-state index contributed by atoms with van der Waals surface area (Å²) in [5.74, 6) is 0.622. The van der Waals surface area contributed by atoms with Gasteiger partial charge in [-0.05, 0) is 44.1 Å². The zero-order valence-corrected chi connectivity index (χ0v) is 17.3. The van der Waals surface area contributed by atoms with Gasteiger partial charge in [-0.25, -0.2) is 0 Å². The third-order valence-corrected chi connectivity index (χ3v) is 10.5. The predicted molar refractivity (Wildman–Crippen MR) is 102 cm³/mol. The molecule has 0 radical (unpaired) electrons. The lowest BCUT2D eigenvalue weighted by Gasteiger charge is -2.68. The van der Waals surface area contributed by atoms with Crippen molar-refractivity contribution in [2.24, 2.45) is 35.0 Å². The fourth-order valence-electron chi connectivity index (χ4n) is 9.96. The number of likely N-dealkylation sites (N-methyl/N-ethyl adjacent to an activating group) is 1. The van der Waals surface area contributed by atoms with E-state index in [0.717, 1.165) is 19.4 Å². The highest BCUT2D eigenvalue weighted by Crippen LogP contribution is 2.77. The first-order chi connectivity index (χ1) is 13.4. The van der Waals surface area contributed by atoms with Gasteiger partial charge in [0.2, 0.25) is 0 Å². The summed E-state index contributed by atoms with van der Waals surface area (Å²) < 4.78 is 11.9. The average Bonchev–Trinajstić information content (AvgIpc) is 3.16. The van der Waals surface area contributed by atoms with Gasteiger partial charge in [-0.15, -0.1) is 0 Å². The number of likely N-dealkylation sites (tertiary alicyclic amines) is 1. The zero-order valence-electron chi connectivity index (χ0n) is 17.3. The molecule has 6 aliphatic rings. The molecule has 1 saturated heterocycles. The Kier molecular flexibility index (Phi) is 3.65. The molecular formula is C22H35NO5. The third-order valence-electron chi connectivity index (χ3n) is 10.5. The number of aliphatic hydroxyl groups excluding tert-OH is 1. The van der Waals surface area contributed by atoms with E-state index in [0.29, 0.717) is 25.8 Å². The van der Waals surface area contributed by atoms with Crippen LogP contribution in [-0.4, -0.2) is 83.1 Å². The Morgan fingerprint density at radius 2 is 1.89 bits per heavy atom. The zero-order chi connectivity index (χ0) is 19.6. The van der Waals surface area contributed by atoms with Crippen LogP contribution in [0.2, 0.25) is 0 Å². The van der Waals surface area contributed by atoms with E-state index < -0.39 is 17.3 Å². The van der Waals surface area contributed by atoms with Crippen molar-refractivity contribution in [2.45, 2.75) is 74.6 Å². The van der Waals surface area contributed by atoms with Crippen molar-refractivity contribution in [2.75, 3.05) is 27.3 Å². The average molecular weight is 394 g/mol. The van der Waals surface area contributed by atoms with Crippen LogP contribution in [0.15, 0.2) is 0 Å². The molecular weight excluding hydrogens is 358 g/mol. The highest BCUT2D eigenvalue weighted by Gasteiger charge is 2.83. The van der Waals surface area contributed by atoms with E-state index in [4.69, 9.17) is 9.47 Å². The number of β-amino-alcohol motifs (C(OH)–C–C–N with tert-alkyl or cyclic N) is 1. The second kappa shape index (κ2) is 5.51. The summed E-state index contributed by atoms with van der Waals surface area (Å²) in [6, 6.07) is 0.149. The monoisotopic (exact) mass is 393 g/mol. The van der Waals surface area contributed by atoms with Crippen molar-refractivity contribution in [3.05, 3.63) is 0 Å². The molecule has 1 heterocycles. The third kappa shape index (κ3) is 1.72. The minimum atomic E-state index is -0.843. The van der Waals surface area contributed by atoms with E-state index in [1.54, 1.807) is 14.2 Å². The predicted octanol–water partition coefficient (Wildman–Crippen LogP) is 0.630. The van der Waals surface area contributed by atoms with E-state index in [2.05, 4.69) is 11.8 Å². The molecule has 5 saturated carbocycles. The first-order valence-corrected chi connectivity index (χ1v) is 11.3. The fraction of sp³-hybridized carbons (Fsp3) is 1.00. The number of hydrogen-bond donors (Lipinski definition) is 3. The Bertz CT molecular complexity index is 690. The Morgan fingerprint density at radius 3 is 2.57 bits per heavy atom. The maximum absolute atomic E-state index is 12.3. The molecule has 6 heteroatoms. The molecule has 6 rings (SSSR count). The van der Waals surface area contributed by atoms with Gasteiger partial charge in [-0.3, -0.25) is 4.90 Å². The number of nitrogens with zero attached hydrogens (tertiary/aromatic N) is 1. The van der Waals surface area contributed by atoms with E-state index >= 15 is 0 Å². The number of hydrogen-bond acceptors (Lipinski definition) is 6. The molecule has 1 spiro atoms. The van der Waals surface area contributed by atoms with Crippen LogP contribution < -0.4 is 0 Å². The summed E-state index contributed by atoms with van der Waals surface area (Å²) in [4.78, 5) is 2.40. The van der Waals surface area contributed by atoms with E-state index in [-0.39, 0.29) is 53.3 Å². The lowest BCUT2D eigenvalue weighted by molar-refractivity contribution is -0.281. The maximum Gasteiger partial charge on any atom is 0.0810 e. The molecule has 0 aromatic rings. The van der Waals surface area contributed by atoms with Crippen molar-refractivity contribution in [3.63, 3.8) is 0 Å². The highest BCUT2D eigenvalue weighted by atomic mass is 16.5. The molecule has 6 nitrogen and oxygen atoms in total. The molecule has 158 valence electrons. The van der Waals surface area contributed by atoms with Crippen molar-refractivity contribution in [1.82, 2.24) is 4.90 Å². The smallest absolute Gasteiger partial charge is 0.0810 e. The quantitative estimate of drug-likeness (QED) is 0.653. The number of ether oxygens (including phenoxy) is 2. The van der Waals surface area contributed by atoms with Gasteiger partial charge in [-0.2, -0.15) is 0 Å². The van der Waals surface area contributed by atoms with Gasteiger partial charge in [0.25, 0.3) is 0 Å². The van der Waals surface area contributed by atoms with Gasteiger partial charge in [0.1, 0.15) is 0 Å². The number of piperidine rings is 1. The SMILES string of the molecule is CCN1C[C@]2(O)CC[C@H](O)[C@]34[C@@H]5C[C@H]6[C@H](OC)[C@@H]5[C@](O)(C[C@@H]6OC)[C@@H](C[C@H]23)[C@@H]14. The first-order valence-electron chi connectivity index (χ1n) is 11.3. The molecule has 6 fully saturated rings. The summed E-state index contributed by atoms with van der Waals surface area (Å²) in [7, 11) is 3.52. The molecule has 28 heavy (non-hydrogen) atoms. The molecule has 7 bridgehead atoms. The number of rotatable bonds is 3. The number of aliphatic hydroxyl groups is 3. The van der Waals surface area contributed by atoms with E-state index in [1.165, 1.54) is 0 Å². The summed E-state index contributed by atoms with van der Waals surface area (Å²) in [6.45, 7) is 3.69. The molecule has 0 aromatic heterocycles. The molecule has 12 atom stereocenters. The van der Waals surface area contributed by atoms with Gasteiger partial charge in [0.15, 0.2) is 0 Å². The maximum atomic E-state index is 12.3.